The molecule has 0 bridgehead atoms. The minimum Gasteiger partial charge on any atom is -0.486 e. The van der Waals surface area contributed by atoms with Gasteiger partial charge in [-0.05, 0) is 68.1 Å². The number of carbonyl (C=O) groups excluding carboxylic acids is 2. The van der Waals surface area contributed by atoms with E-state index in [9.17, 15) is 19.1 Å². The molecule has 0 saturated carbocycles. The third-order valence-electron chi connectivity index (χ3n) is 6.97. The van der Waals surface area contributed by atoms with E-state index in [2.05, 4.69) is 15.5 Å². The SMILES string of the molecule is C[C@H]1CN([C@@H](C)CO)C(=O)c2cccc(NC(=O)Nc3ccc(F)cc3)c2O[C@H]1CN(C)Cc1ccc(Cl)c(Cl)c1. The Morgan fingerprint density at radius 1 is 1.15 bits per heavy atom. The molecule has 0 radical (unpaired) electrons. The average molecular weight is 604 g/mol. The molecular weight excluding hydrogens is 570 g/mol. The number of aliphatic hydroxyl groups excluding tert-OH is 1. The first-order valence-corrected chi connectivity index (χ1v) is 14.0. The minimum absolute atomic E-state index is 0.126. The van der Waals surface area contributed by atoms with Gasteiger partial charge in [0.25, 0.3) is 5.91 Å². The first-order valence-electron chi connectivity index (χ1n) is 13.2. The van der Waals surface area contributed by atoms with Gasteiger partial charge in [0, 0.05) is 31.2 Å². The van der Waals surface area contributed by atoms with Gasteiger partial charge in [-0.15, -0.1) is 0 Å². The maximum atomic E-state index is 13.7. The van der Waals surface area contributed by atoms with E-state index < -0.39 is 17.9 Å². The van der Waals surface area contributed by atoms with Crippen molar-refractivity contribution in [2.24, 2.45) is 5.92 Å². The highest BCUT2D eigenvalue weighted by Crippen LogP contribution is 2.35. The van der Waals surface area contributed by atoms with Crippen molar-refractivity contribution in [2.75, 3.05) is 37.4 Å². The van der Waals surface area contributed by atoms with Crippen LogP contribution in [0.2, 0.25) is 10.0 Å². The van der Waals surface area contributed by atoms with Crippen molar-refractivity contribution in [2.45, 2.75) is 32.5 Å². The summed E-state index contributed by atoms with van der Waals surface area (Å²) >= 11 is 12.3. The molecule has 41 heavy (non-hydrogen) atoms. The first-order chi connectivity index (χ1) is 19.5. The van der Waals surface area contributed by atoms with Crippen LogP contribution >= 0.6 is 23.2 Å². The molecule has 0 spiro atoms. The predicted octanol–water partition coefficient (Wildman–Crippen LogP) is 6.13. The number of hydrogen-bond acceptors (Lipinski definition) is 5. The van der Waals surface area contributed by atoms with E-state index in [4.69, 9.17) is 27.9 Å². The molecule has 0 saturated heterocycles. The lowest BCUT2D eigenvalue weighted by molar-refractivity contribution is 0.0343. The van der Waals surface area contributed by atoms with Gasteiger partial charge in [0.1, 0.15) is 11.9 Å². The van der Waals surface area contributed by atoms with Gasteiger partial charge in [-0.3, -0.25) is 9.69 Å². The number of amides is 3. The van der Waals surface area contributed by atoms with Gasteiger partial charge in [0.05, 0.1) is 33.9 Å². The number of nitrogens with one attached hydrogen (secondary N) is 2. The third kappa shape index (κ3) is 7.68. The lowest BCUT2D eigenvalue weighted by atomic mass is 9.99. The molecule has 1 heterocycles. The monoisotopic (exact) mass is 602 g/mol. The maximum absolute atomic E-state index is 13.7. The van der Waals surface area contributed by atoms with E-state index in [1.807, 2.05) is 26.1 Å². The zero-order valence-electron chi connectivity index (χ0n) is 23.0. The van der Waals surface area contributed by atoms with Crippen molar-refractivity contribution in [3.8, 4) is 5.75 Å². The van der Waals surface area contributed by atoms with Gasteiger partial charge in [-0.1, -0.05) is 42.3 Å². The van der Waals surface area contributed by atoms with Gasteiger partial charge < -0.3 is 25.4 Å². The number of halogens is 3. The molecule has 11 heteroatoms. The quantitative estimate of drug-likeness (QED) is 0.288. The van der Waals surface area contributed by atoms with Crippen LogP contribution in [-0.2, 0) is 6.54 Å². The molecule has 0 aromatic heterocycles. The first kappa shape index (κ1) is 30.6. The van der Waals surface area contributed by atoms with Gasteiger partial charge in [-0.25, -0.2) is 9.18 Å². The number of para-hydroxylation sites is 1. The number of rotatable bonds is 8. The fraction of sp³-hybridized carbons (Fsp3) is 0.333. The number of urea groups is 1. The van der Waals surface area contributed by atoms with Crippen LogP contribution in [0.4, 0.5) is 20.6 Å². The highest BCUT2D eigenvalue weighted by atomic mass is 35.5. The fourth-order valence-corrected chi connectivity index (χ4v) is 5.02. The van der Waals surface area contributed by atoms with Gasteiger partial charge in [0.2, 0.25) is 0 Å². The van der Waals surface area contributed by atoms with Crippen LogP contribution < -0.4 is 15.4 Å². The number of ether oxygens (including phenoxy) is 1. The van der Waals surface area contributed by atoms with E-state index >= 15 is 0 Å². The van der Waals surface area contributed by atoms with Crippen molar-refractivity contribution in [3.05, 3.63) is 87.7 Å². The van der Waals surface area contributed by atoms with Crippen LogP contribution in [0.3, 0.4) is 0 Å². The second-order valence-corrected chi connectivity index (χ2v) is 11.2. The van der Waals surface area contributed by atoms with E-state index in [1.54, 1.807) is 36.1 Å². The van der Waals surface area contributed by atoms with Crippen LogP contribution in [0.5, 0.6) is 5.75 Å². The lowest BCUT2D eigenvalue weighted by Gasteiger charge is -2.38. The van der Waals surface area contributed by atoms with Crippen molar-refractivity contribution in [1.29, 1.82) is 0 Å². The second kappa shape index (κ2) is 13.5. The Morgan fingerprint density at radius 3 is 2.56 bits per heavy atom. The topological polar surface area (TPSA) is 94.1 Å². The highest BCUT2D eigenvalue weighted by Gasteiger charge is 2.34. The van der Waals surface area contributed by atoms with Gasteiger partial charge >= 0.3 is 6.03 Å². The molecule has 0 unspecified atom stereocenters. The highest BCUT2D eigenvalue weighted by molar-refractivity contribution is 6.42. The molecule has 4 rings (SSSR count). The van der Waals surface area contributed by atoms with Crippen LogP contribution in [-0.4, -0.2) is 65.7 Å². The number of likely N-dealkylation sites (N-methyl/N-ethyl adjacent to an activating group) is 1. The summed E-state index contributed by atoms with van der Waals surface area (Å²) in [7, 11) is 1.96. The Kier molecular flexibility index (Phi) is 10.1. The van der Waals surface area contributed by atoms with Crippen molar-refractivity contribution in [1.82, 2.24) is 9.80 Å². The number of fused-ring (bicyclic) bond motifs is 1. The second-order valence-electron chi connectivity index (χ2n) is 10.3. The van der Waals surface area contributed by atoms with E-state index in [0.29, 0.717) is 41.1 Å². The molecule has 3 N–H and O–H groups in total. The number of hydrogen-bond donors (Lipinski definition) is 3. The molecule has 1 aliphatic rings. The Balaban J connectivity index is 1.62. The molecule has 1 aliphatic heterocycles. The normalized spacial score (nSPS) is 17.8. The number of carbonyl (C=O) groups is 2. The molecule has 3 aromatic rings. The summed E-state index contributed by atoms with van der Waals surface area (Å²) < 4.78 is 19.8. The predicted molar refractivity (Wildman–Crippen MR) is 159 cm³/mol. The molecule has 8 nitrogen and oxygen atoms in total. The number of aliphatic hydroxyl groups is 1. The van der Waals surface area contributed by atoms with Crippen LogP contribution in [0, 0.1) is 11.7 Å². The third-order valence-corrected chi connectivity index (χ3v) is 7.71. The zero-order valence-corrected chi connectivity index (χ0v) is 24.5. The molecule has 3 atom stereocenters. The standard InChI is InChI=1S/C30H33Cl2FN4O4/c1-18-14-37(19(2)17-38)29(39)23-5-4-6-26(35-30(40)34-22-10-8-21(33)9-11-22)28(23)41-27(18)16-36(3)15-20-7-12-24(31)25(32)13-20/h4-13,18-19,27,38H,14-17H2,1-3H3,(H2,34,35,40)/t18-,19-,27-/m0/s1. The smallest absolute Gasteiger partial charge is 0.323 e. The Hall–Kier alpha value is -3.37. The molecule has 0 aliphatic carbocycles. The maximum Gasteiger partial charge on any atom is 0.323 e. The molecular formula is C30H33Cl2FN4O4. The van der Waals surface area contributed by atoms with Crippen molar-refractivity contribution < 1.29 is 23.8 Å². The van der Waals surface area contributed by atoms with E-state index in [1.165, 1.54) is 24.3 Å². The van der Waals surface area contributed by atoms with Crippen LogP contribution in [0.15, 0.2) is 60.7 Å². The Labute approximate surface area is 249 Å². The summed E-state index contributed by atoms with van der Waals surface area (Å²) in [6, 6.07) is 14.8. The summed E-state index contributed by atoms with van der Waals surface area (Å²) in [4.78, 5) is 30.2. The summed E-state index contributed by atoms with van der Waals surface area (Å²) in [5, 5.41) is 16.3. The molecule has 3 amide bonds. The summed E-state index contributed by atoms with van der Waals surface area (Å²) in [6.07, 6.45) is -0.383. The van der Waals surface area contributed by atoms with Gasteiger partial charge in [-0.2, -0.15) is 0 Å². The number of nitrogens with zero attached hydrogens (tertiary/aromatic N) is 2. The fourth-order valence-electron chi connectivity index (χ4n) is 4.70. The van der Waals surface area contributed by atoms with E-state index in [-0.39, 0.29) is 35.8 Å². The summed E-state index contributed by atoms with van der Waals surface area (Å²) in [5.74, 6) is -0.614. The molecule has 3 aromatic carbocycles. The van der Waals surface area contributed by atoms with Crippen molar-refractivity contribution in [3.63, 3.8) is 0 Å². The molecule has 218 valence electrons. The van der Waals surface area contributed by atoms with E-state index in [0.717, 1.165) is 5.56 Å². The van der Waals surface area contributed by atoms with Crippen LogP contribution in [0.1, 0.15) is 29.8 Å². The average Bonchev–Trinajstić information content (AvgIpc) is 2.94. The zero-order chi connectivity index (χ0) is 29.7. The summed E-state index contributed by atoms with van der Waals surface area (Å²) in [5.41, 5.74) is 1.96. The van der Waals surface area contributed by atoms with Crippen molar-refractivity contribution >= 4 is 46.5 Å². The lowest BCUT2D eigenvalue weighted by Crippen LogP contribution is -2.49. The Morgan fingerprint density at radius 2 is 1.88 bits per heavy atom. The summed E-state index contributed by atoms with van der Waals surface area (Å²) in [6.45, 7) is 5.02. The van der Waals surface area contributed by atoms with Gasteiger partial charge in [0.15, 0.2) is 5.75 Å². The number of benzene rings is 3. The van der Waals surface area contributed by atoms with Crippen LogP contribution in [0.25, 0.3) is 0 Å². The Bertz CT molecular complexity index is 1390. The minimum atomic E-state index is -0.579. The largest absolute Gasteiger partial charge is 0.486 e. The number of anilines is 2. The molecule has 0 fully saturated rings.